The van der Waals surface area contributed by atoms with Gasteiger partial charge in [0.05, 0.1) is 29.7 Å². The number of fused-ring (bicyclic) bond motifs is 1. The molecular weight excluding hydrogens is 539 g/mol. The van der Waals surface area contributed by atoms with Gasteiger partial charge in [-0.05, 0) is 60.9 Å². The highest BCUT2D eigenvalue weighted by Gasteiger charge is 2.36. The second-order valence-corrected chi connectivity index (χ2v) is 10.4. The fraction of sp³-hybridized carbons (Fsp3) is 0.242. The molecule has 3 atom stereocenters. The van der Waals surface area contributed by atoms with Gasteiger partial charge in [0.2, 0.25) is 0 Å². The van der Waals surface area contributed by atoms with Gasteiger partial charge < -0.3 is 24.8 Å². The Morgan fingerprint density at radius 3 is 2.26 bits per heavy atom. The van der Waals surface area contributed by atoms with Gasteiger partial charge in [-0.25, -0.2) is 4.39 Å². The molecule has 0 bridgehead atoms. The van der Waals surface area contributed by atoms with Crippen LogP contribution < -0.4 is 5.32 Å². The molecular formula is C33H31FN2O6. The summed E-state index contributed by atoms with van der Waals surface area (Å²) in [6, 6.07) is 24.0. The molecule has 5 rings (SSSR count). The lowest BCUT2D eigenvalue weighted by molar-refractivity contribution is -0.156. The molecule has 4 aromatic rings. The van der Waals surface area contributed by atoms with E-state index in [4.69, 9.17) is 4.74 Å². The number of carboxylic acid groups (broad SMARTS) is 1. The number of hydrogen-bond acceptors (Lipinski definition) is 5. The van der Waals surface area contributed by atoms with Crippen LogP contribution in [0.25, 0.3) is 22.4 Å². The molecule has 1 unspecified atom stereocenters. The summed E-state index contributed by atoms with van der Waals surface area (Å²) in [5.74, 6) is -3.73. The molecule has 0 aliphatic carbocycles. The number of aliphatic carboxylic acids is 1. The van der Waals surface area contributed by atoms with Crippen molar-refractivity contribution in [2.45, 2.75) is 50.9 Å². The summed E-state index contributed by atoms with van der Waals surface area (Å²) in [5, 5.41) is 23.2. The summed E-state index contributed by atoms with van der Waals surface area (Å²) in [6.45, 7) is 1.83. The molecule has 0 fully saturated rings. The molecule has 42 heavy (non-hydrogen) atoms. The molecule has 1 aliphatic rings. The van der Waals surface area contributed by atoms with Crippen molar-refractivity contribution in [2.24, 2.45) is 0 Å². The third-order valence-corrected chi connectivity index (χ3v) is 7.41. The number of aliphatic hydroxyl groups is 1. The van der Waals surface area contributed by atoms with E-state index in [1.807, 2.05) is 41.0 Å². The lowest BCUT2D eigenvalue weighted by atomic mass is 9.93. The number of benzene rings is 3. The van der Waals surface area contributed by atoms with Crippen LogP contribution in [0.4, 0.5) is 10.1 Å². The summed E-state index contributed by atoms with van der Waals surface area (Å²) in [4.78, 5) is 39.2. The Morgan fingerprint density at radius 1 is 0.976 bits per heavy atom. The first-order valence-electron chi connectivity index (χ1n) is 13.8. The molecule has 8 nitrogen and oxygen atoms in total. The minimum absolute atomic E-state index is 0.0415. The van der Waals surface area contributed by atoms with Crippen LogP contribution in [0, 0.1) is 5.82 Å². The number of cyclic esters (lactones) is 1. The smallest absolute Gasteiger partial charge is 0.314 e. The maximum Gasteiger partial charge on any atom is 0.314 e. The van der Waals surface area contributed by atoms with Crippen molar-refractivity contribution in [3.63, 3.8) is 0 Å². The monoisotopic (exact) mass is 570 g/mol. The molecule has 0 spiro atoms. The number of amides is 1. The van der Waals surface area contributed by atoms with E-state index in [1.165, 1.54) is 12.1 Å². The van der Waals surface area contributed by atoms with Crippen molar-refractivity contribution in [1.82, 2.24) is 4.57 Å². The Morgan fingerprint density at radius 2 is 1.62 bits per heavy atom. The molecule has 3 aromatic carbocycles. The lowest BCUT2D eigenvalue weighted by Crippen LogP contribution is -2.32. The molecule has 1 aromatic heterocycles. The molecule has 2 heterocycles. The molecule has 0 saturated carbocycles. The van der Waals surface area contributed by atoms with Gasteiger partial charge in [-0.2, -0.15) is 0 Å². The Bertz CT molecular complexity index is 1580. The molecule has 9 heteroatoms. The van der Waals surface area contributed by atoms with E-state index in [1.54, 1.807) is 43.3 Å². The van der Waals surface area contributed by atoms with Crippen molar-refractivity contribution in [3.8, 4) is 22.4 Å². The van der Waals surface area contributed by atoms with Crippen LogP contribution in [0.5, 0.6) is 0 Å². The number of nitrogens with one attached hydrogen (secondary N) is 1. The second-order valence-electron chi connectivity index (χ2n) is 10.4. The van der Waals surface area contributed by atoms with Gasteiger partial charge in [0, 0.05) is 29.9 Å². The fourth-order valence-corrected chi connectivity index (χ4v) is 5.50. The molecule has 0 radical (unpaired) electrons. The van der Waals surface area contributed by atoms with Crippen molar-refractivity contribution >= 4 is 23.5 Å². The predicted molar refractivity (Wildman–Crippen MR) is 155 cm³/mol. The number of aromatic nitrogens is 1. The zero-order valence-electron chi connectivity index (χ0n) is 23.0. The predicted octanol–water partition coefficient (Wildman–Crippen LogP) is 5.86. The first kappa shape index (κ1) is 28.8. The van der Waals surface area contributed by atoms with Gasteiger partial charge in [-0.1, -0.05) is 48.5 Å². The van der Waals surface area contributed by atoms with Gasteiger partial charge in [-0.15, -0.1) is 0 Å². The van der Waals surface area contributed by atoms with Crippen LogP contribution in [-0.4, -0.2) is 44.8 Å². The summed E-state index contributed by atoms with van der Waals surface area (Å²) < 4.78 is 21.5. The fourth-order valence-electron chi connectivity index (χ4n) is 5.50. The number of carbonyl (C=O) groups is 3. The number of carbonyl (C=O) groups excluding carboxylic acids is 2. The zero-order chi connectivity index (χ0) is 29.8. The number of ether oxygens (including phenoxy) is 1. The minimum Gasteiger partial charge on any atom is -0.481 e. The van der Waals surface area contributed by atoms with Crippen LogP contribution in [0.1, 0.15) is 48.2 Å². The number of esters is 1. The van der Waals surface area contributed by atoms with E-state index in [2.05, 4.69) is 5.32 Å². The molecule has 216 valence electrons. The number of para-hydroxylation sites is 1. The highest BCUT2D eigenvalue weighted by atomic mass is 19.1. The van der Waals surface area contributed by atoms with Gasteiger partial charge in [0.1, 0.15) is 11.9 Å². The van der Waals surface area contributed by atoms with E-state index in [-0.39, 0.29) is 24.9 Å². The Balaban J connectivity index is 1.79. The van der Waals surface area contributed by atoms with Crippen molar-refractivity contribution in [1.29, 1.82) is 0 Å². The quantitative estimate of drug-likeness (QED) is 0.250. The number of hydrogen-bond donors (Lipinski definition) is 3. The zero-order valence-corrected chi connectivity index (χ0v) is 23.0. The van der Waals surface area contributed by atoms with Gasteiger partial charge in [0.25, 0.3) is 5.91 Å². The highest BCUT2D eigenvalue weighted by molar-refractivity contribution is 6.13. The summed E-state index contributed by atoms with van der Waals surface area (Å²) in [6.07, 6.45) is -2.30. The average Bonchev–Trinajstić information content (AvgIpc) is 3.31. The van der Waals surface area contributed by atoms with Crippen molar-refractivity contribution in [3.05, 3.63) is 102 Å². The van der Waals surface area contributed by atoms with Crippen LogP contribution in [0.3, 0.4) is 0 Å². The standard InChI is InChI=1S/C33H31FN2O6/c1-20-30-29(32(40)35-24-10-6-3-7-11-24)28(21-8-4-2-5-9-21)31(22-12-14-23(34)15-13-22)36(30)17-16-25(37)18-26(19-27(38)39)42-33(20)41/h2-15,20,25-26,37H,16-19H2,1H3,(H,35,40)(H,38,39)/t20?,25-,26-/m1/s1. The third-order valence-electron chi connectivity index (χ3n) is 7.41. The van der Waals surface area contributed by atoms with Crippen LogP contribution in [0.2, 0.25) is 0 Å². The topological polar surface area (TPSA) is 118 Å². The summed E-state index contributed by atoms with van der Waals surface area (Å²) in [7, 11) is 0. The SMILES string of the molecule is CC1C(=O)O[C@@H](CC(=O)O)C[C@H](O)CCn2c(-c3ccc(F)cc3)c(-c3ccccc3)c(C(=O)Nc3ccccc3)c21. The number of anilines is 1. The largest absolute Gasteiger partial charge is 0.481 e. The van der Waals surface area contributed by atoms with Gasteiger partial charge >= 0.3 is 11.9 Å². The number of carboxylic acids is 1. The second kappa shape index (κ2) is 12.4. The number of rotatable bonds is 6. The molecule has 1 amide bonds. The summed E-state index contributed by atoms with van der Waals surface area (Å²) in [5.41, 5.74) is 3.59. The number of nitrogens with zero attached hydrogens (tertiary/aromatic N) is 1. The Labute approximate surface area is 242 Å². The normalized spacial score (nSPS) is 18.9. The minimum atomic E-state index is -1.15. The van der Waals surface area contributed by atoms with E-state index in [9.17, 15) is 29.0 Å². The van der Waals surface area contributed by atoms with Crippen LogP contribution in [-0.2, 0) is 20.9 Å². The first-order valence-corrected chi connectivity index (χ1v) is 13.8. The van der Waals surface area contributed by atoms with Crippen molar-refractivity contribution in [2.75, 3.05) is 5.32 Å². The average molecular weight is 571 g/mol. The molecule has 3 N–H and O–H groups in total. The number of halogens is 1. The van der Waals surface area contributed by atoms with Crippen LogP contribution >= 0.6 is 0 Å². The van der Waals surface area contributed by atoms with E-state index >= 15 is 0 Å². The van der Waals surface area contributed by atoms with Crippen molar-refractivity contribution < 1.29 is 33.7 Å². The Hall–Kier alpha value is -4.76. The maximum atomic E-state index is 14.2. The van der Waals surface area contributed by atoms with E-state index in [0.29, 0.717) is 33.8 Å². The third kappa shape index (κ3) is 6.11. The van der Waals surface area contributed by atoms with Gasteiger partial charge in [-0.3, -0.25) is 14.4 Å². The molecule has 1 aliphatic heterocycles. The number of aliphatic hydroxyl groups excluding tert-OH is 1. The first-order chi connectivity index (χ1) is 20.2. The van der Waals surface area contributed by atoms with Gasteiger partial charge in [0.15, 0.2) is 0 Å². The lowest BCUT2D eigenvalue weighted by Gasteiger charge is -2.26. The van der Waals surface area contributed by atoms with E-state index in [0.717, 1.165) is 0 Å². The maximum absolute atomic E-state index is 14.2. The highest BCUT2D eigenvalue weighted by Crippen LogP contribution is 2.43. The molecule has 0 saturated heterocycles. The van der Waals surface area contributed by atoms with E-state index < -0.39 is 48.2 Å². The Kier molecular flexibility index (Phi) is 8.49. The summed E-state index contributed by atoms with van der Waals surface area (Å²) >= 11 is 0. The van der Waals surface area contributed by atoms with Crippen LogP contribution in [0.15, 0.2) is 84.9 Å².